The summed E-state index contributed by atoms with van der Waals surface area (Å²) in [7, 11) is 0. The first-order valence-electron chi connectivity index (χ1n) is 10.6. The first-order chi connectivity index (χ1) is 15.5. The highest BCUT2D eigenvalue weighted by molar-refractivity contribution is 6.31. The molecule has 0 aliphatic carbocycles. The second-order valence-corrected chi connectivity index (χ2v) is 8.02. The minimum absolute atomic E-state index is 0.184. The number of nitrogens with zero attached hydrogens (tertiary/aromatic N) is 4. The van der Waals surface area contributed by atoms with Crippen molar-refractivity contribution < 1.29 is 4.79 Å². The van der Waals surface area contributed by atoms with Gasteiger partial charge in [-0.3, -0.25) is 19.6 Å². The molecule has 0 bridgehead atoms. The van der Waals surface area contributed by atoms with E-state index in [1.807, 2.05) is 31.2 Å². The lowest BCUT2D eigenvalue weighted by atomic mass is 10.1. The number of amides is 1. The molecule has 0 fully saturated rings. The Labute approximate surface area is 190 Å². The summed E-state index contributed by atoms with van der Waals surface area (Å²) in [6, 6.07) is 16.2. The molecule has 7 nitrogen and oxygen atoms in total. The van der Waals surface area contributed by atoms with Crippen molar-refractivity contribution in [1.82, 2.24) is 19.6 Å². The summed E-state index contributed by atoms with van der Waals surface area (Å²) in [5.74, 6) is 0.198. The number of carbonyl (C=O) groups excluding carboxylic acids is 1. The zero-order valence-electron chi connectivity index (χ0n) is 18.0. The second-order valence-electron chi connectivity index (χ2n) is 7.62. The summed E-state index contributed by atoms with van der Waals surface area (Å²) in [5.41, 5.74) is 2.39. The highest BCUT2D eigenvalue weighted by Crippen LogP contribution is 2.22. The summed E-state index contributed by atoms with van der Waals surface area (Å²) in [5, 5.41) is 3.53. The van der Waals surface area contributed by atoms with Gasteiger partial charge in [-0.05, 0) is 43.5 Å². The van der Waals surface area contributed by atoms with E-state index in [4.69, 9.17) is 11.6 Å². The molecular weight excluding hydrogens is 426 g/mol. The molecule has 4 aromatic rings. The monoisotopic (exact) mass is 449 g/mol. The van der Waals surface area contributed by atoms with Crippen LogP contribution in [-0.2, 0) is 13.0 Å². The van der Waals surface area contributed by atoms with Gasteiger partial charge in [0, 0.05) is 16.1 Å². The maximum absolute atomic E-state index is 13.4. The van der Waals surface area contributed by atoms with Crippen LogP contribution in [-0.4, -0.2) is 25.5 Å². The summed E-state index contributed by atoms with van der Waals surface area (Å²) < 4.78 is 1.31. The number of hydrogen-bond acceptors (Lipinski definition) is 4. The molecule has 0 unspecified atom stereocenters. The Morgan fingerprint density at radius 1 is 1.09 bits per heavy atom. The largest absolute Gasteiger partial charge is 0.277 e. The van der Waals surface area contributed by atoms with Crippen LogP contribution in [0.15, 0.2) is 59.4 Å². The van der Waals surface area contributed by atoms with Crippen LogP contribution in [0.25, 0.3) is 5.78 Å². The molecule has 4 rings (SSSR count). The molecule has 0 saturated heterocycles. The fourth-order valence-corrected chi connectivity index (χ4v) is 3.78. The molecule has 0 spiro atoms. The van der Waals surface area contributed by atoms with Crippen LogP contribution in [0, 0.1) is 6.92 Å². The summed E-state index contributed by atoms with van der Waals surface area (Å²) in [6.07, 6.45) is 2.53. The summed E-state index contributed by atoms with van der Waals surface area (Å²) in [6.45, 7) is 4.08. The standard InChI is InChI=1S/C24H24ClN5O2/c1-3-4-13-19-16(2)26-23-27-24(28-30(23)22(19)32)29(15-18-12-8-9-14-20(18)25)21(31)17-10-6-5-7-11-17/h5-12,14H,3-4,13,15H2,1-2H3,(H,26,27,28). The summed E-state index contributed by atoms with van der Waals surface area (Å²) >= 11 is 6.36. The number of aromatic amines is 1. The number of nitrogens with one attached hydrogen (secondary N) is 1. The number of halogens is 1. The fraction of sp³-hybridized carbons (Fsp3) is 0.250. The quantitative estimate of drug-likeness (QED) is 0.448. The number of benzene rings is 2. The Kier molecular flexibility index (Phi) is 6.37. The van der Waals surface area contributed by atoms with Gasteiger partial charge >= 0.3 is 0 Å². The normalized spacial score (nSPS) is 11.1. The van der Waals surface area contributed by atoms with Gasteiger partial charge in [0.15, 0.2) is 0 Å². The minimum Gasteiger partial charge on any atom is -0.272 e. The van der Waals surface area contributed by atoms with Crippen LogP contribution in [0.3, 0.4) is 0 Å². The third-order valence-corrected chi connectivity index (χ3v) is 5.74. The van der Waals surface area contributed by atoms with E-state index in [9.17, 15) is 9.59 Å². The predicted octanol–water partition coefficient (Wildman–Crippen LogP) is 4.57. The highest BCUT2D eigenvalue weighted by Gasteiger charge is 2.23. The number of aromatic nitrogens is 4. The van der Waals surface area contributed by atoms with E-state index in [0.717, 1.165) is 18.4 Å². The molecule has 0 radical (unpaired) electrons. The van der Waals surface area contributed by atoms with E-state index in [-0.39, 0.29) is 29.7 Å². The Morgan fingerprint density at radius 2 is 1.81 bits per heavy atom. The lowest BCUT2D eigenvalue weighted by Gasteiger charge is -2.20. The van der Waals surface area contributed by atoms with Crippen LogP contribution in [0.1, 0.15) is 46.9 Å². The Balaban J connectivity index is 1.81. The van der Waals surface area contributed by atoms with Crippen molar-refractivity contribution >= 4 is 29.2 Å². The molecule has 8 heteroatoms. The topological polar surface area (TPSA) is 83.4 Å². The van der Waals surface area contributed by atoms with Crippen LogP contribution in [0.4, 0.5) is 5.95 Å². The van der Waals surface area contributed by atoms with Gasteiger partial charge in [0.25, 0.3) is 17.2 Å². The van der Waals surface area contributed by atoms with Crippen LogP contribution in [0.5, 0.6) is 0 Å². The van der Waals surface area contributed by atoms with Gasteiger partial charge in [0.2, 0.25) is 5.95 Å². The fourth-order valence-electron chi connectivity index (χ4n) is 3.58. The SMILES string of the molecule is CCCCc1c(C)nc2nc(N(Cc3ccccc3Cl)C(=O)c3ccccc3)[nH]n2c1=O. The van der Waals surface area contributed by atoms with Crippen LogP contribution in [0.2, 0.25) is 5.02 Å². The second kappa shape index (κ2) is 9.36. The molecule has 0 aliphatic rings. The zero-order chi connectivity index (χ0) is 22.7. The molecule has 0 saturated carbocycles. The number of carbonyl (C=O) groups is 1. The van der Waals surface area contributed by atoms with E-state index >= 15 is 0 Å². The van der Waals surface area contributed by atoms with Crippen molar-refractivity contribution in [3.8, 4) is 0 Å². The number of hydrogen-bond donors (Lipinski definition) is 1. The molecule has 2 aromatic heterocycles. The smallest absolute Gasteiger partial charge is 0.272 e. The zero-order valence-corrected chi connectivity index (χ0v) is 18.8. The van der Waals surface area contributed by atoms with E-state index in [2.05, 4.69) is 22.0 Å². The van der Waals surface area contributed by atoms with Crippen molar-refractivity contribution in [3.05, 3.63) is 92.4 Å². The van der Waals surface area contributed by atoms with Crippen molar-refractivity contribution in [2.75, 3.05) is 4.90 Å². The van der Waals surface area contributed by atoms with E-state index in [1.54, 1.807) is 30.3 Å². The third-order valence-electron chi connectivity index (χ3n) is 5.37. The van der Waals surface area contributed by atoms with Gasteiger partial charge in [0.1, 0.15) is 0 Å². The van der Waals surface area contributed by atoms with Crippen LogP contribution >= 0.6 is 11.6 Å². The molecule has 2 heterocycles. The van der Waals surface area contributed by atoms with Gasteiger partial charge in [-0.15, -0.1) is 0 Å². The van der Waals surface area contributed by atoms with Crippen molar-refractivity contribution in [1.29, 1.82) is 0 Å². The summed E-state index contributed by atoms with van der Waals surface area (Å²) in [4.78, 5) is 37.0. The van der Waals surface area contributed by atoms with Crippen molar-refractivity contribution in [2.24, 2.45) is 0 Å². The molecule has 1 amide bonds. The van der Waals surface area contributed by atoms with Crippen LogP contribution < -0.4 is 10.5 Å². The van der Waals surface area contributed by atoms with E-state index in [0.29, 0.717) is 28.3 Å². The Morgan fingerprint density at radius 3 is 2.53 bits per heavy atom. The number of rotatable bonds is 7. The number of H-pyrrole nitrogens is 1. The highest BCUT2D eigenvalue weighted by atomic mass is 35.5. The Hall–Kier alpha value is -3.45. The Bertz CT molecular complexity index is 1310. The molecule has 1 N–H and O–H groups in total. The molecule has 2 aromatic carbocycles. The third kappa shape index (κ3) is 4.29. The minimum atomic E-state index is -0.263. The maximum Gasteiger partial charge on any atom is 0.277 e. The molecule has 0 aliphatic heterocycles. The van der Waals surface area contributed by atoms with Crippen molar-refractivity contribution in [2.45, 2.75) is 39.7 Å². The number of fused-ring (bicyclic) bond motifs is 1. The first kappa shape index (κ1) is 21.8. The first-order valence-corrected chi connectivity index (χ1v) is 11.0. The van der Waals surface area contributed by atoms with Gasteiger partial charge in [-0.1, -0.05) is 61.3 Å². The van der Waals surface area contributed by atoms with E-state index in [1.165, 1.54) is 9.42 Å². The number of anilines is 1. The molecule has 0 atom stereocenters. The van der Waals surface area contributed by atoms with Gasteiger partial charge in [-0.25, -0.2) is 4.98 Å². The number of unbranched alkanes of at least 4 members (excludes halogenated alkanes) is 1. The van der Waals surface area contributed by atoms with Gasteiger partial charge in [0.05, 0.1) is 12.2 Å². The predicted molar refractivity (Wildman–Crippen MR) is 125 cm³/mol. The number of aryl methyl sites for hydroxylation is 1. The average molecular weight is 450 g/mol. The molecule has 164 valence electrons. The lowest BCUT2D eigenvalue weighted by molar-refractivity contribution is 0.0983. The molecule has 32 heavy (non-hydrogen) atoms. The molecular formula is C24H24ClN5O2. The van der Waals surface area contributed by atoms with Crippen molar-refractivity contribution in [3.63, 3.8) is 0 Å². The van der Waals surface area contributed by atoms with Gasteiger partial charge in [-0.2, -0.15) is 9.50 Å². The van der Waals surface area contributed by atoms with Gasteiger partial charge < -0.3 is 0 Å². The van der Waals surface area contributed by atoms with E-state index < -0.39 is 0 Å². The lowest BCUT2D eigenvalue weighted by Crippen LogP contribution is -2.31. The average Bonchev–Trinajstić information content (AvgIpc) is 3.22. The maximum atomic E-state index is 13.4.